The summed E-state index contributed by atoms with van der Waals surface area (Å²) in [6.45, 7) is 8.04. The van der Waals surface area contributed by atoms with Gasteiger partial charge in [0.15, 0.2) is 0 Å². The summed E-state index contributed by atoms with van der Waals surface area (Å²) in [5.41, 5.74) is 6.25. The summed E-state index contributed by atoms with van der Waals surface area (Å²) in [4.78, 5) is 13.0. The fourth-order valence-electron chi connectivity index (χ4n) is 3.56. The SMILES string of the molecule is C#CCOc1cc[c-]c(C[CH2-])c1.Fc1cc[c-]cc1.NC(=O)OCC12CCN(CC1)CC2.[Yb+3]. The molecule has 0 spiro atoms. The van der Waals surface area contributed by atoms with Gasteiger partial charge in [0.1, 0.15) is 6.61 Å². The molecule has 3 heterocycles. The number of nitrogens with zero attached hydrogens (tertiary/aromatic N) is 1. The van der Waals surface area contributed by atoms with Gasteiger partial charge in [-0.25, -0.2) is 9.18 Å². The minimum atomic E-state index is -0.637. The van der Waals surface area contributed by atoms with Crippen molar-refractivity contribution >= 4 is 6.09 Å². The number of nitrogens with two attached hydrogens (primary N) is 1. The summed E-state index contributed by atoms with van der Waals surface area (Å²) in [5, 5.41) is 0. The van der Waals surface area contributed by atoms with E-state index >= 15 is 0 Å². The summed E-state index contributed by atoms with van der Waals surface area (Å²) in [6, 6.07) is 17.1. The first kappa shape index (κ1) is 29.5. The van der Waals surface area contributed by atoms with Crippen LogP contribution >= 0.6 is 0 Å². The Bertz CT molecular complexity index is 852. The van der Waals surface area contributed by atoms with Gasteiger partial charge in [-0.2, -0.15) is 42.3 Å². The predicted octanol–water partition coefficient (Wildman–Crippen LogP) is 4.07. The minimum Gasteiger partial charge on any atom is -0.506 e. The van der Waals surface area contributed by atoms with E-state index < -0.39 is 6.09 Å². The molecule has 0 atom stereocenters. The van der Waals surface area contributed by atoms with Crippen molar-refractivity contribution in [3.63, 3.8) is 0 Å². The average Bonchev–Trinajstić information content (AvgIpc) is 2.84. The quantitative estimate of drug-likeness (QED) is 0.410. The summed E-state index contributed by atoms with van der Waals surface area (Å²) in [7, 11) is 0. The maximum absolute atomic E-state index is 11.9. The molecule has 2 aromatic rings. The van der Waals surface area contributed by atoms with Gasteiger partial charge in [0.2, 0.25) is 0 Å². The largest absolute Gasteiger partial charge is 3.00 e. The summed E-state index contributed by atoms with van der Waals surface area (Å²) >= 11 is 0. The van der Waals surface area contributed by atoms with Crippen molar-refractivity contribution < 1.29 is 65.6 Å². The number of rotatable bonds is 5. The maximum atomic E-state index is 11.9. The van der Waals surface area contributed by atoms with Crippen molar-refractivity contribution in [2.24, 2.45) is 11.1 Å². The molecule has 183 valence electrons. The zero-order chi connectivity index (χ0) is 23.2. The van der Waals surface area contributed by atoms with Crippen LogP contribution in [0, 0.1) is 89.6 Å². The van der Waals surface area contributed by atoms with E-state index in [-0.39, 0.29) is 58.2 Å². The number of terminal acetylenes is 1. The molecule has 1 radical (unpaired) electrons. The number of primary amides is 1. The van der Waals surface area contributed by atoms with Gasteiger partial charge < -0.3 is 27.0 Å². The van der Waals surface area contributed by atoms with Crippen LogP contribution in [0.5, 0.6) is 5.75 Å². The number of benzene rings is 2. The van der Waals surface area contributed by atoms with Crippen LogP contribution in [0.15, 0.2) is 42.5 Å². The van der Waals surface area contributed by atoms with Crippen LogP contribution in [-0.2, 0) is 11.2 Å². The summed E-state index contributed by atoms with van der Waals surface area (Å²) in [5.74, 6) is 2.98. The van der Waals surface area contributed by atoms with E-state index in [9.17, 15) is 9.18 Å². The van der Waals surface area contributed by atoms with E-state index in [1.165, 1.54) is 24.3 Å². The third kappa shape index (κ3) is 11.4. The summed E-state index contributed by atoms with van der Waals surface area (Å²) < 4.78 is 22.0. The Morgan fingerprint density at radius 3 is 2.33 bits per heavy atom. The molecule has 0 aliphatic carbocycles. The molecule has 5 rings (SSSR count). The average molecular weight is 611 g/mol. The van der Waals surface area contributed by atoms with Gasteiger partial charge in [-0.05, 0) is 38.9 Å². The number of carbonyl (C=O) groups is 1. The van der Waals surface area contributed by atoms with Gasteiger partial charge in [0, 0.05) is 17.0 Å². The molecule has 0 aromatic heterocycles. The molecule has 3 saturated heterocycles. The van der Waals surface area contributed by atoms with Crippen LogP contribution < -0.4 is 10.5 Å². The van der Waals surface area contributed by atoms with Gasteiger partial charge in [-0.15, -0.1) is 30.7 Å². The van der Waals surface area contributed by atoms with Gasteiger partial charge in [-0.1, -0.05) is 5.92 Å². The molecular formula is C26H30FN2O3Yb. The normalized spacial score (nSPS) is 19.8. The van der Waals surface area contributed by atoms with Crippen molar-refractivity contribution in [2.45, 2.75) is 25.7 Å². The van der Waals surface area contributed by atoms with E-state index in [4.69, 9.17) is 21.6 Å². The van der Waals surface area contributed by atoms with Crippen LogP contribution in [0.2, 0.25) is 0 Å². The Hall–Kier alpha value is -1.52. The van der Waals surface area contributed by atoms with E-state index in [0.29, 0.717) is 19.6 Å². The van der Waals surface area contributed by atoms with E-state index in [1.807, 2.05) is 18.2 Å². The van der Waals surface area contributed by atoms with Crippen LogP contribution in [0.3, 0.4) is 0 Å². The first-order valence-corrected chi connectivity index (χ1v) is 10.6. The van der Waals surface area contributed by atoms with Gasteiger partial charge >= 0.3 is 53.0 Å². The van der Waals surface area contributed by atoms with Crippen LogP contribution in [-0.4, -0.2) is 43.8 Å². The van der Waals surface area contributed by atoms with Gasteiger partial charge in [-0.3, -0.25) is 0 Å². The molecule has 2 aromatic carbocycles. The minimum absolute atomic E-state index is 0. The van der Waals surface area contributed by atoms with Gasteiger partial charge in [0.25, 0.3) is 0 Å². The molecule has 33 heavy (non-hydrogen) atoms. The number of hydrogen-bond acceptors (Lipinski definition) is 4. The molecule has 7 heteroatoms. The Kier molecular flexibility index (Phi) is 14.5. The maximum Gasteiger partial charge on any atom is 3.00 e. The molecule has 5 nitrogen and oxygen atoms in total. The molecular weight excluding hydrogens is 580 g/mol. The van der Waals surface area contributed by atoms with Crippen molar-refractivity contribution in [1.29, 1.82) is 0 Å². The van der Waals surface area contributed by atoms with E-state index in [1.54, 1.807) is 0 Å². The second kappa shape index (κ2) is 16.2. The fraction of sp³-hybridized carbons (Fsp3) is 0.385. The Morgan fingerprint density at radius 1 is 1.21 bits per heavy atom. The zero-order valence-corrected chi connectivity index (χ0v) is 20.3. The molecule has 2 N–H and O–H groups in total. The van der Waals surface area contributed by atoms with Crippen molar-refractivity contribution in [2.75, 3.05) is 32.8 Å². The molecule has 2 bridgehead atoms. The number of amides is 1. The van der Waals surface area contributed by atoms with Crippen LogP contribution in [0.1, 0.15) is 24.8 Å². The van der Waals surface area contributed by atoms with E-state index in [2.05, 4.69) is 29.9 Å². The monoisotopic (exact) mass is 611 g/mol. The standard InChI is InChI=1S/C11H10O.C9H16N2O2.C6H4F.Yb/c1-3-8-12-11-7-5-6-10(4-2)9-11;10-8(12)13-7-9-1-4-11(5-2-9)6-3-9;7-6-4-2-1-3-5-6;/h1,5,7,9H,2,4,8H2;1-7H2,(H2,10,12);2-5H;/q-2;;-1;+3. The first-order valence-electron chi connectivity index (χ1n) is 10.6. The first-order chi connectivity index (χ1) is 15.5. The second-order valence-corrected chi connectivity index (χ2v) is 7.71. The molecule has 3 aliphatic rings. The molecule has 3 aliphatic heterocycles. The Labute approximate surface area is 235 Å². The third-order valence-electron chi connectivity index (χ3n) is 5.50. The Balaban J connectivity index is 0.000000254. The van der Waals surface area contributed by atoms with Gasteiger partial charge in [0.05, 0.1) is 6.61 Å². The number of hydrogen-bond donors (Lipinski definition) is 1. The third-order valence-corrected chi connectivity index (χ3v) is 5.50. The molecule has 0 unspecified atom stereocenters. The number of carbonyl (C=O) groups excluding carboxylic acids is 1. The van der Waals surface area contributed by atoms with Crippen LogP contribution in [0.4, 0.5) is 9.18 Å². The number of fused-ring (bicyclic) bond motifs is 3. The van der Waals surface area contributed by atoms with Crippen molar-refractivity contribution in [3.8, 4) is 18.1 Å². The number of halogens is 1. The smallest absolute Gasteiger partial charge is 0.506 e. The molecule has 1 amide bonds. The number of piperidine rings is 3. The zero-order valence-electron chi connectivity index (χ0n) is 18.6. The predicted molar refractivity (Wildman–Crippen MR) is 122 cm³/mol. The van der Waals surface area contributed by atoms with E-state index in [0.717, 1.165) is 50.2 Å². The van der Waals surface area contributed by atoms with Crippen molar-refractivity contribution in [1.82, 2.24) is 4.90 Å². The summed E-state index contributed by atoms with van der Waals surface area (Å²) in [6.07, 6.45) is 8.59. The Morgan fingerprint density at radius 2 is 1.85 bits per heavy atom. The van der Waals surface area contributed by atoms with Crippen molar-refractivity contribution in [3.05, 3.63) is 72.9 Å². The second-order valence-electron chi connectivity index (χ2n) is 7.71. The number of ether oxygens (including phenoxy) is 2. The fourth-order valence-corrected chi connectivity index (χ4v) is 3.56. The van der Waals surface area contributed by atoms with Crippen LogP contribution in [0.25, 0.3) is 0 Å². The molecule has 0 saturated carbocycles. The molecule has 3 fully saturated rings. The topological polar surface area (TPSA) is 64.8 Å².